The summed E-state index contributed by atoms with van der Waals surface area (Å²) in [5.41, 5.74) is 0.989. The Labute approximate surface area is 122 Å². The second-order valence-corrected chi connectivity index (χ2v) is 6.43. The largest absolute Gasteiger partial charge is 0.360 e. The van der Waals surface area contributed by atoms with Crippen molar-refractivity contribution in [2.24, 2.45) is 5.92 Å². The molecule has 0 aliphatic carbocycles. The van der Waals surface area contributed by atoms with Crippen molar-refractivity contribution in [1.82, 2.24) is 20.3 Å². The first-order valence-corrected chi connectivity index (χ1v) is 7.58. The Morgan fingerprint density at radius 2 is 2.35 bits per heavy atom. The summed E-state index contributed by atoms with van der Waals surface area (Å²) < 4.78 is 5.41. The molecule has 0 amide bonds. The van der Waals surface area contributed by atoms with Crippen molar-refractivity contribution in [2.75, 3.05) is 33.7 Å². The molecule has 2 heterocycles. The Bertz CT molecular complexity index is 404. The van der Waals surface area contributed by atoms with Gasteiger partial charge >= 0.3 is 0 Å². The molecule has 1 fully saturated rings. The van der Waals surface area contributed by atoms with Gasteiger partial charge in [0.1, 0.15) is 0 Å². The molecular formula is C15H28N4O. The molecule has 0 saturated carbocycles. The van der Waals surface area contributed by atoms with E-state index in [0.717, 1.165) is 37.0 Å². The predicted octanol–water partition coefficient (Wildman–Crippen LogP) is 1.56. The molecule has 0 aromatic carbocycles. The van der Waals surface area contributed by atoms with Crippen LogP contribution in [0.15, 0.2) is 10.6 Å². The third kappa shape index (κ3) is 4.89. The number of nitrogens with zero attached hydrogens (tertiary/aromatic N) is 3. The zero-order valence-electron chi connectivity index (χ0n) is 13.2. The topological polar surface area (TPSA) is 44.5 Å². The number of hydrogen-bond acceptors (Lipinski definition) is 5. The lowest BCUT2D eigenvalue weighted by Gasteiger charge is -2.19. The maximum absolute atomic E-state index is 5.41. The molecule has 2 rings (SSSR count). The van der Waals surface area contributed by atoms with Gasteiger partial charge in [-0.3, -0.25) is 4.90 Å². The molecule has 0 spiro atoms. The van der Waals surface area contributed by atoms with E-state index < -0.39 is 0 Å². The first-order valence-electron chi connectivity index (χ1n) is 7.58. The third-order valence-corrected chi connectivity index (χ3v) is 3.78. The fraction of sp³-hybridized carbons (Fsp3) is 0.800. The molecule has 0 bridgehead atoms. The summed E-state index contributed by atoms with van der Waals surface area (Å²) in [6.45, 7) is 9.45. The molecule has 1 unspecified atom stereocenters. The van der Waals surface area contributed by atoms with E-state index in [4.69, 9.17) is 4.52 Å². The summed E-state index contributed by atoms with van der Waals surface area (Å²) in [7, 11) is 4.36. The summed E-state index contributed by atoms with van der Waals surface area (Å²) in [5.74, 6) is 1.74. The Morgan fingerprint density at radius 3 is 3.00 bits per heavy atom. The number of nitrogens with one attached hydrogen (secondary N) is 1. The molecule has 1 aromatic heterocycles. The molecule has 1 aromatic rings. The first kappa shape index (κ1) is 15.5. The fourth-order valence-corrected chi connectivity index (χ4v) is 2.77. The van der Waals surface area contributed by atoms with Crippen LogP contribution >= 0.6 is 0 Å². The van der Waals surface area contributed by atoms with Crippen molar-refractivity contribution >= 4 is 0 Å². The van der Waals surface area contributed by atoms with Crippen LogP contribution in [0.25, 0.3) is 0 Å². The van der Waals surface area contributed by atoms with Gasteiger partial charge in [-0.2, -0.15) is 0 Å². The third-order valence-electron chi connectivity index (χ3n) is 3.78. The highest BCUT2D eigenvalue weighted by Crippen LogP contribution is 2.16. The van der Waals surface area contributed by atoms with Gasteiger partial charge in [0.25, 0.3) is 0 Å². The number of aromatic nitrogens is 1. The highest BCUT2D eigenvalue weighted by atomic mass is 16.5. The van der Waals surface area contributed by atoms with E-state index in [1.54, 1.807) is 0 Å². The van der Waals surface area contributed by atoms with Gasteiger partial charge < -0.3 is 14.7 Å². The van der Waals surface area contributed by atoms with Gasteiger partial charge in [-0.25, -0.2) is 0 Å². The van der Waals surface area contributed by atoms with Crippen molar-refractivity contribution in [1.29, 1.82) is 0 Å². The van der Waals surface area contributed by atoms with Gasteiger partial charge in [-0.1, -0.05) is 19.0 Å². The molecule has 1 aliphatic heterocycles. The average Bonchev–Trinajstić information content (AvgIpc) is 2.96. The Hall–Kier alpha value is -0.910. The molecule has 114 valence electrons. The van der Waals surface area contributed by atoms with Gasteiger partial charge in [0.05, 0.1) is 12.2 Å². The molecular weight excluding hydrogens is 252 g/mol. The van der Waals surface area contributed by atoms with Crippen molar-refractivity contribution < 1.29 is 4.52 Å². The average molecular weight is 280 g/mol. The minimum absolute atomic E-state index is 0.470. The van der Waals surface area contributed by atoms with Gasteiger partial charge in [0, 0.05) is 31.7 Å². The highest BCUT2D eigenvalue weighted by Gasteiger charge is 2.21. The van der Waals surface area contributed by atoms with Crippen LogP contribution in [0.3, 0.4) is 0 Å². The molecule has 5 heteroatoms. The van der Waals surface area contributed by atoms with E-state index in [2.05, 4.69) is 54.3 Å². The molecule has 1 N–H and O–H groups in total. The van der Waals surface area contributed by atoms with Crippen LogP contribution < -0.4 is 5.32 Å². The van der Waals surface area contributed by atoms with E-state index in [9.17, 15) is 0 Å². The van der Waals surface area contributed by atoms with Crippen molar-refractivity contribution in [3.63, 3.8) is 0 Å². The second-order valence-electron chi connectivity index (χ2n) is 6.43. The van der Waals surface area contributed by atoms with E-state index in [0.29, 0.717) is 6.04 Å². The van der Waals surface area contributed by atoms with Crippen molar-refractivity contribution in [3.8, 4) is 0 Å². The standard InChI is InChI=1S/C15H28N4O/c1-12(2)16-8-14-7-15(20-17-14)11-19(4)10-13-5-6-18(3)9-13/h7,12-13,16H,5-6,8-11H2,1-4H3. The minimum atomic E-state index is 0.470. The van der Waals surface area contributed by atoms with Gasteiger partial charge in [0.2, 0.25) is 0 Å². The molecule has 1 atom stereocenters. The van der Waals surface area contributed by atoms with Crippen LogP contribution in [0.4, 0.5) is 0 Å². The number of hydrogen-bond donors (Lipinski definition) is 1. The van der Waals surface area contributed by atoms with Crippen LogP contribution in [0.1, 0.15) is 31.7 Å². The van der Waals surface area contributed by atoms with Crippen molar-refractivity contribution in [2.45, 2.75) is 39.4 Å². The minimum Gasteiger partial charge on any atom is -0.360 e. The van der Waals surface area contributed by atoms with E-state index >= 15 is 0 Å². The first-order chi connectivity index (χ1) is 9.52. The fourth-order valence-electron chi connectivity index (χ4n) is 2.77. The van der Waals surface area contributed by atoms with Crippen LogP contribution in [-0.4, -0.2) is 54.7 Å². The quantitative estimate of drug-likeness (QED) is 0.821. The van der Waals surface area contributed by atoms with Crippen LogP contribution in [0.2, 0.25) is 0 Å². The summed E-state index contributed by atoms with van der Waals surface area (Å²) in [6.07, 6.45) is 1.31. The number of rotatable bonds is 7. The van der Waals surface area contributed by atoms with E-state index in [1.807, 2.05) is 0 Å². The smallest absolute Gasteiger partial charge is 0.151 e. The lowest BCUT2D eigenvalue weighted by atomic mass is 10.1. The Balaban J connectivity index is 1.75. The summed E-state index contributed by atoms with van der Waals surface area (Å²) in [4.78, 5) is 4.74. The summed E-state index contributed by atoms with van der Waals surface area (Å²) in [5, 5.41) is 7.46. The molecule has 0 radical (unpaired) electrons. The molecule has 20 heavy (non-hydrogen) atoms. The van der Waals surface area contributed by atoms with Gasteiger partial charge in [0.15, 0.2) is 5.76 Å². The zero-order valence-corrected chi connectivity index (χ0v) is 13.2. The van der Waals surface area contributed by atoms with E-state index in [1.165, 1.54) is 19.5 Å². The highest BCUT2D eigenvalue weighted by molar-refractivity contribution is 5.05. The summed E-state index contributed by atoms with van der Waals surface area (Å²) >= 11 is 0. The Morgan fingerprint density at radius 1 is 1.55 bits per heavy atom. The maximum atomic E-state index is 5.41. The SMILES string of the molecule is CC(C)NCc1cc(CN(C)CC2CCN(C)C2)on1. The van der Waals surface area contributed by atoms with Gasteiger partial charge in [-0.15, -0.1) is 0 Å². The van der Waals surface area contributed by atoms with Crippen LogP contribution in [0.5, 0.6) is 0 Å². The second kappa shape index (κ2) is 7.20. The monoisotopic (exact) mass is 280 g/mol. The van der Waals surface area contributed by atoms with E-state index in [-0.39, 0.29) is 0 Å². The normalized spacial score (nSPS) is 20.4. The lowest BCUT2D eigenvalue weighted by molar-refractivity contribution is 0.236. The lowest BCUT2D eigenvalue weighted by Crippen LogP contribution is -2.27. The van der Waals surface area contributed by atoms with Gasteiger partial charge in [-0.05, 0) is 33.0 Å². The Kier molecular flexibility index (Phi) is 5.57. The predicted molar refractivity (Wildman–Crippen MR) is 80.4 cm³/mol. The molecule has 5 nitrogen and oxygen atoms in total. The summed E-state index contributed by atoms with van der Waals surface area (Å²) in [6, 6.07) is 2.53. The zero-order chi connectivity index (χ0) is 14.5. The maximum Gasteiger partial charge on any atom is 0.151 e. The van der Waals surface area contributed by atoms with Crippen LogP contribution in [0, 0.1) is 5.92 Å². The van der Waals surface area contributed by atoms with Crippen LogP contribution in [-0.2, 0) is 13.1 Å². The molecule has 1 aliphatic rings. The van der Waals surface area contributed by atoms with Crippen molar-refractivity contribution in [3.05, 3.63) is 17.5 Å². The number of likely N-dealkylation sites (tertiary alicyclic amines) is 1. The molecule has 1 saturated heterocycles.